The normalized spacial score (nSPS) is 10.8. The molecule has 1 aromatic heterocycles. The minimum atomic E-state index is 0.631. The number of hydrogen-bond donors (Lipinski definition) is 0. The Morgan fingerprint density at radius 3 is 2.32 bits per heavy atom. The van der Waals surface area contributed by atoms with Crippen LogP contribution in [-0.4, -0.2) is 12.9 Å². The largest absolute Gasteiger partial charge is 0.494 e. The van der Waals surface area contributed by atoms with Gasteiger partial charge in [0.1, 0.15) is 17.8 Å². The van der Waals surface area contributed by atoms with E-state index in [0.717, 1.165) is 44.1 Å². The smallest absolute Gasteiger partial charge is 0.153 e. The number of carbonyl (C=O) groups excluding carboxylic acids is 1. The third kappa shape index (κ3) is 3.64. The third-order valence-electron chi connectivity index (χ3n) is 4.47. The maximum absolute atomic E-state index is 11.2. The maximum atomic E-state index is 11.2. The van der Waals surface area contributed by atoms with Crippen molar-refractivity contribution in [3.63, 3.8) is 0 Å². The van der Waals surface area contributed by atoms with Crippen LogP contribution in [0.4, 0.5) is 0 Å². The number of fused-ring (bicyclic) bond motifs is 1. The van der Waals surface area contributed by atoms with Crippen LogP contribution in [0.25, 0.3) is 20.5 Å². The quantitative estimate of drug-likeness (QED) is 0.338. The fourth-order valence-corrected chi connectivity index (χ4v) is 4.23. The van der Waals surface area contributed by atoms with E-state index >= 15 is 0 Å². The predicted molar refractivity (Wildman–Crippen MR) is 115 cm³/mol. The average Bonchev–Trinajstić information content (AvgIpc) is 3.07. The van der Waals surface area contributed by atoms with Gasteiger partial charge in [0.25, 0.3) is 0 Å². The molecule has 0 aliphatic carbocycles. The molecular weight excluding hydrogens is 368 g/mol. The van der Waals surface area contributed by atoms with Gasteiger partial charge in [-0.3, -0.25) is 4.79 Å². The minimum absolute atomic E-state index is 0.631. The second-order valence-electron chi connectivity index (χ2n) is 6.51. The van der Waals surface area contributed by atoms with Gasteiger partial charge in [-0.1, -0.05) is 35.9 Å². The Labute approximate surface area is 168 Å². The van der Waals surface area contributed by atoms with Crippen LogP contribution >= 0.6 is 11.3 Å². The van der Waals surface area contributed by atoms with Crippen LogP contribution in [0.1, 0.15) is 22.8 Å². The first kappa shape index (κ1) is 18.3. The molecule has 3 aromatic carbocycles. The van der Waals surface area contributed by atoms with Crippen molar-refractivity contribution in [2.24, 2.45) is 0 Å². The first-order valence-electron chi connectivity index (χ1n) is 9.17. The van der Waals surface area contributed by atoms with E-state index < -0.39 is 0 Å². The second kappa shape index (κ2) is 7.87. The van der Waals surface area contributed by atoms with Gasteiger partial charge in [-0.2, -0.15) is 0 Å². The lowest BCUT2D eigenvalue weighted by molar-refractivity contribution is 0.112. The molecule has 0 spiro atoms. The molecule has 4 rings (SSSR count). The average molecular weight is 388 g/mol. The Bertz CT molecular complexity index is 1110. The lowest BCUT2D eigenvalue weighted by Crippen LogP contribution is -1.91. The summed E-state index contributed by atoms with van der Waals surface area (Å²) in [5.74, 6) is 2.38. The fourth-order valence-electron chi connectivity index (χ4n) is 3.05. The Balaban J connectivity index is 1.80. The van der Waals surface area contributed by atoms with Crippen LogP contribution < -0.4 is 9.47 Å². The molecule has 0 saturated heterocycles. The van der Waals surface area contributed by atoms with Crippen LogP contribution in [-0.2, 0) is 0 Å². The molecule has 140 valence electrons. The number of aryl methyl sites for hydroxylation is 1. The van der Waals surface area contributed by atoms with Gasteiger partial charge in [-0.15, -0.1) is 11.3 Å². The first-order chi connectivity index (χ1) is 13.7. The topological polar surface area (TPSA) is 35.5 Å². The van der Waals surface area contributed by atoms with Crippen molar-refractivity contribution in [2.75, 3.05) is 6.61 Å². The zero-order valence-electron chi connectivity index (χ0n) is 15.8. The number of ether oxygens (including phenoxy) is 2. The van der Waals surface area contributed by atoms with E-state index in [2.05, 4.69) is 31.2 Å². The highest BCUT2D eigenvalue weighted by molar-refractivity contribution is 7.22. The second-order valence-corrected chi connectivity index (χ2v) is 7.56. The highest BCUT2D eigenvalue weighted by Crippen LogP contribution is 2.46. The summed E-state index contributed by atoms with van der Waals surface area (Å²) < 4.78 is 12.9. The van der Waals surface area contributed by atoms with Gasteiger partial charge >= 0.3 is 0 Å². The molecule has 0 unspecified atom stereocenters. The number of benzene rings is 3. The molecule has 4 heteroatoms. The number of carbonyl (C=O) groups is 1. The number of aldehydes is 1. The highest BCUT2D eigenvalue weighted by atomic mass is 32.1. The van der Waals surface area contributed by atoms with E-state index in [4.69, 9.17) is 9.47 Å². The van der Waals surface area contributed by atoms with E-state index in [1.165, 1.54) is 5.56 Å². The summed E-state index contributed by atoms with van der Waals surface area (Å²) in [7, 11) is 0. The Kier molecular flexibility index (Phi) is 5.13. The van der Waals surface area contributed by atoms with Crippen LogP contribution in [0, 0.1) is 6.92 Å². The predicted octanol–water partition coefficient (Wildman–Crippen LogP) is 6.88. The molecule has 4 aromatic rings. The van der Waals surface area contributed by atoms with Crippen LogP contribution in [0.2, 0.25) is 0 Å². The summed E-state index contributed by atoms with van der Waals surface area (Å²) in [5.41, 5.74) is 2.97. The molecule has 0 radical (unpaired) electrons. The monoisotopic (exact) mass is 388 g/mol. The Hall–Kier alpha value is -3.11. The first-order valence-corrected chi connectivity index (χ1v) is 9.99. The number of rotatable bonds is 6. The van der Waals surface area contributed by atoms with Gasteiger partial charge < -0.3 is 9.47 Å². The van der Waals surface area contributed by atoms with Gasteiger partial charge in [0.2, 0.25) is 0 Å². The molecule has 3 nitrogen and oxygen atoms in total. The lowest BCUT2D eigenvalue weighted by Gasteiger charge is -2.09. The summed E-state index contributed by atoms with van der Waals surface area (Å²) in [6.07, 6.45) is 0.873. The molecule has 0 atom stereocenters. The zero-order chi connectivity index (χ0) is 19.5. The van der Waals surface area contributed by atoms with Crippen LogP contribution in [0.5, 0.6) is 17.2 Å². The summed E-state index contributed by atoms with van der Waals surface area (Å²) >= 11 is 1.63. The maximum Gasteiger partial charge on any atom is 0.153 e. The van der Waals surface area contributed by atoms with Gasteiger partial charge in [-0.25, -0.2) is 0 Å². The highest BCUT2D eigenvalue weighted by Gasteiger charge is 2.17. The molecule has 0 aliphatic heterocycles. The van der Waals surface area contributed by atoms with E-state index in [-0.39, 0.29) is 0 Å². The standard InChI is InChI=1S/C24H20O3S/c1-3-26-19-9-11-20(12-10-19)27-23-21-13-6-17(15-25)14-22(21)28-24(23)18-7-4-16(2)5-8-18/h4-15H,3H2,1-2H3. The van der Waals surface area contributed by atoms with Crippen LogP contribution in [0.3, 0.4) is 0 Å². The number of hydrogen-bond acceptors (Lipinski definition) is 4. The summed E-state index contributed by atoms with van der Waals surface area (Å²) in [6.45, 7) is 4.66. The zero-order valence-corrected chi connectivity index (χ0v) is 16.6. The molecule has 1 heterocycles. The number of thiophene rings is 1. The van der Waals surface area contributed by atoms with E-state index in [1.54, 1.807) is 11.3 Å². The Morgan fingerprint density at radius 1 is 0.929 bits per heavy atom. The molecule has 0 fully saturated rings. The summed E-state index contributed by atoms with van der Waals surface area (Å²) in [5, 5.41) is 1.00. The molecule has 28 heavy (non-hydrogen) atoms. The summed E-state index contributed by atoms with van der Waals surface area (Å²) in [4.78, 5) is 12.2. The van der Waals surface area contributed by atoms with Crippen molar-refractivity contribution in [3.05, 3.63) is 77.9 Å². The fraction of sp³-hybridized carbons (Fsp3) is 0.125. The van der Waals surface area contributed by atoms with Crippen molar-refractivity contribution in [1.29, 1.82) is 0 Å². The molecule has 0 saturated carbocycles. The van der Waals surface area contributed by atoms with Crippen molar-refractivity contribution < 1.29 is 14.3 Å². The molecule has 0 bridgehead atoms. The summed E-state index contributed by atoms with van der Waals surface area (Å²) in [6, 6.07) is 21.7. The van der Waals surface area contributed by atoms with E-state index in [9.17, 15) is 4.79 Å². The van der Waals surface area contributed by atoms with Crippen molar-refractivity contribution >= 4 is 27.7 Å². The molecule has 0 amide bonds. The van der Waals surface area contributed by atoms with Gasteiger partial charge in [-0.05, 0) is 55.8 Å². The Morgan fingerprint density at radius 2 is 1.64 bits per heavy atom. The SMILES string of the molecule is CCOc1ccc(Oc2c(-c3ccc(C)cc3)sc3cc(C=O)ccc23)cc1. The van der Waals surface area contributed by atoms with Crippen molar-refractivity contribution in [1.82, 2.24) is 0 Å². The van der Waals surface area contributed by atoms with E-state index in [0.29, 0.717) is 12.2 Å². The van der Waals surface area contributed by atoms with Crippen molar-refractivity contribution in [2.45, 2.75) is 13.8 Å². The van der Waals surface area contributed by atoms with Gasteiger partial charge in [0.05, 0.1) is 11.5 Å². The molecule has 0 N–H and O–H groups in total. The lowest BCUT2D eigenvalue weighted by atomic mass is 10.1. The van der Waals surface area contributed by atoms with E-state index in [1.807, 2.05) is 49.4 Å². The van der Waals surface area contributed by atoms with Crippen molar-refractivity contribution in [3.8, 4) is 27.7 Å². The third-order valence-corrected chi connectivity index (χ3v) is 5.66. The van der Waals surface area contributed by atoms with Gasteiger partial charge in [0.15, 0.2) is 5.75 Å². The minimum Gasteiger partial charge on any atom is -0.494 e. The van der Waals surface area contributed by atoms with Crippen LogP contribution in [0.15, 0.2) is 66.7 Å². The van der Waals surface area contributed by atoms with Gasteiger partial charge in [0, 0.05) is 15.6 Å². The molecule has 0 aliphatic rings. The molecular formula is C24H20O3S.